The molecule has 1 aliphatic rings. The molecule has 1 heterocycles. The van der Waals surface area contributed by atoms with Gasteiger partial charge in [-0.3, -0.25) is 4.90 Å². The Morgan fingerprint density at radius 3 is 2.50 bits per heavy atom. The first-order valence-corrected chi connectivity index (χ1v) is 8.01. The number of aromatic hydroxyl groups is 1. The molecule has 1 unspecified atom stereocenters. The second kappa shape index (κ2) is 6.80. The van der Waals surface area contributed by atoms with Gasteiger partial charge < -0.3 is 5.11 Å². The quantitative estimate of drug-likeness (QED) is 0.911. The third kappa shape index (κ3) is 3.23. The Morgan fingerprint density at radius 2 is 1.77 bits per heavy atom. The third-order valence-corrected chi connectivity index (χ3v) is 4.46. The van der Waals surface area contributed by atoms with E-state index in [2.05, 4.69) is 30.2 Å². The minimum atomic E-state index is 0.344. The lowest BCUT2D eigenvalue weighted by Gasteiger charge is -2.31. The number of piperidine rings is 1. The van der Waals surface area contributed by atoms with E-state index in [4.69, 9.17) is 0 Å². The van der Waals surface area contributed by atoms with Gasteiger partial charge in [0, 0.05) is 11.6 Å². The molecular formula is C20H23NO. The van der Waals surface area contributed by atoms with E-state index in [1.54, 1.807) is 6.07 Å². The van der Waals surface area contributed by atoms with Crippen LogP contribution in [0.15, 0.2) is 60.7 Å². The molecule has 2 nitrogen and oxygen atoms in total. The Balaban J connectivity index is 2.05. The zero-order chi connectivity index (χ0) is 15.4. The zero-order valence-electron chi connectivity index (χ0n) is 13.1. The summed E-state index contributed by atoms with van der Waals surface area (Å²) in [4.78, 5) is 2.41. The maximum absolute atomic E-state index is 10.3. The van der Waals surface area contributed by atoms with Gasteiger partial charge in [0.05, 0.1) is 0 Å². The predicted molar refractivity (Wildman–Crippen MR) is 91.9 cm³/mol. The van der Waals surface area contributed by atoms with Gasteiger partial charge in [0.2, 0.25) is 0 Å². The van der Waals surface area contributed by atoms with Gasteiger partial charge in [-0.15, -0.1) is 0 Å². The molecule has 0 bridgehead atoms. The minimum absolute atomic E-state index is 0.344. The van der Waals surface area contributed by atoms with Gasteiger partial charge in [0.1, 0.15) is 5.75 Å². The van der Waals surface area contributed by atoms with Crippen LogP contribution in [0.1, 0.15) is 30.4 Å². The molecule has 114 valence electrons. The number of rotatable bonds is 3. The molecule has 1 aliphatic heterocycles. The van der Waals surface area contributed by atoms with E-state index in [-0.39, 0.29) is 0 Å². The van der Waals surface area contributed by atoms with E-state index in [9.17, 15) is 5.11 Å². The van der Waals surface area contributed by atoms with Crippen molar-refractivity contribution in [3.05, 3.63) is 71.8 Å². The van der Waals surface area contributed by atoms with Crippen LogP contribution in [0, 0.1) is 0 Å². The molecule has 2 aromatic rings. The fraction of sp³-hybridized carbons (Fsp3) is 0.300. The third-order valence-electron chi connectivity index (χ3n) is 4.46. The average molecular weight is 293 g/mol. The summed E-state index contributed by atoms with van der Waals surface area (Å²) in [5.74, 6) is 0.344. The molecule has 0 radical (unpaired) electrons. The number of benzene rings is 2. The fourth-order valence-electron chi connectivity index (χ4n) is 3.16. The number of hydrogen-bond acceptors (Lipinski definition) is 2. The minimum Gasteiger partial charge on any atom is -0.507 e. The lowest BCUT2D eigenvalue weighted by Crippen LogP contribution is -2.34. The van der Waals surface area contributed by atoms with Crippen molar-refractivity contribution in [1.82, 2.24) is 4.90 Å². The Labute approximate surface area is 132 Å². The molecular weight excluding hydrogens is 270 g/mol. The SMILES string of the molecule is CN1CCCCC1/C=C(\c1ccccc1)c1ccccc1O. The molecule has 2 aromatic carbocycles. The Kier molecular flexibility index (Phi) is 4.59. The molecule has 0 spiro atoms. The number of nitrogens with zero attached hydrogens (tertiary/aromatic N) is 1. The summed E-state index contributed by atoms with van der Waals surface area (Å²) < 4.78 is 0. The number of para-hydroxylation sites is 1. The monoisotopic (exact) mass is 293 g/mol. The van der Waals surface area contributed by atoms with Crippen LogP contribution in [0.4, 0.5) is 0 Å². The maximum atomic E-state index is 10.3. The Hall–Kier alpha value is -2.06. The van der Waals surface area contributed by atoms with E-state index >= 15 is 0 Å². The largest absolute Gasteiger partial charge is 0.507 e. The van der Waals surface area contributed by atoms with Crippen LogP contribution in [0.5, 0.6) is 5.75 Å². The van der Waals surface area contributed by atoms with E-state index in [0.29, 0.717) is 11.8 Å². The molecule has 2 heteroatoms. The summed E-state index contributed by atoms with van der Waals surface area (Å²) in [7, 11) is 2.19. The first-order valence-electron chi connectivity index (χ1n) is 8.01. The van der Waals surface area contributed by atoms with Crippen LogP contribution in [0.25, 0.3) is 5.57 Å². The van der Waals surface area contributed by atoms with E-state index in [1.807, 2.05) is 36.4 Å². The van der Waals surface area contributed by atoms with Crippen molar-refractivity contribution < 1.29 is 5.11 Å². The molecule has 3 rings (SSSR count). The van der Waals surface area contributed by atoms with Crippen molar-refractivity contribution in [1.29, 1.82) is 0 Å². The number of hydrogen-bond donors (Lipinski definition) is 1. The second-order valence-corrected chi connectivity index (χ2v) is 6.01. The van der Waals surface area contributed by atoms with Crippen LogP contribution in [-0.4, -0.2) is 29.6 Å². The molecule has 0 aromatic heterocycles. The van der Waals surface area contributed by atoms with Crippen LogP contribution >= 0.6 is 0 Å². The van der Waals surface area contributed by atoms with Gasteiger partial charge in [0.25, 0.3) is 0 Å². The van der Waals surface area contributed by atoms with Gasteiger partial charge >= 0.3 is 0 Å². The highest BCUT2D eigenvalue weighted by atomic mass is 16.3. The highest BCUT2D eigenvalue weighted by Gasteiger charge is 2.19. The Bertz CT molecular complexity index is 648. The molecule has 1 saturated heterocycles. The molecule has 0 amide bonds. The van der Waals surface area contributed by atoms with Crippen molar-refractivity contribution in [3.63, 3.8) is 0 Å². The first-order chi connectivity index (χ1) is 10.8. The van der Waals surface area contributed by atoms with Gasteiger partial charge in [-0.1, -0.05) is 61.0 Å². The summed E-state index contributed by atoms with van der Waals surface area (Å²) in [5.41, 5.74) is 3.19. The maximum Gasteiger partial charge on any atom is 0.123 e. The number of likely N-dealkylation sites (N-methyl/N-ethyl adjacent to an activating group) is 1. The van der Waals surface area contributed by atoms with Crippen molar-refractivity contribution in [2.45, 2.75) is 25.3 Å². The second-order valence-electron chi connectivity index (χ2n) is 6.01. The van der Waals surface area contributed by atoms with Crippen LogP contribution in [0.2, 0.25) is 0 Å². The molecule has 22 heavy (non-hydrogen) atoms. The van der Waals surface area contributed by atoms with Crippen molar-refractivity contribution in [3.8, 4) is 5.75 Å². The summed E-state index contributed by atoms with van der Waals surface area (Å²) in [6.45, 7) is 1.14. The Morgan fingerprint density at radius 1 is 1.05 bits per heavy atom. The highest BCUT2D eigenvalue weighted by Crippen LogP contribution is 2.32. The normalized spacial score (nSPS) is 20.0. The topological polar surface area (TPSA) is 23.5 Å². The van der Waals surface area contributed by atoms with Crippen LogP contribution in [-0.2, 0) is 0 Å². The molecule has 1 fully saturated rings. The van der Waals surface area contributed by atoms with Crippen molar-refractivity contribution in [2.24, 2.45) is 0 Å². The lowest BCUT2D eigenvalue weighted by molar-refractivity contribution is 0.222. The number of likely N-dealkylation sites (tertiary alicyclic amines) is 1. The van der Waals surface area contributed by atoms with E-state index < -0.39 is 0 Å². The summed E-state index contributed by atoms with van der Waals surface area (Å²) in [6, 6.07) is 18.4. The lowest BCUT2D eigenvalue weighted by atomic mass is 9.92. The first kappa shape index (κ1) is 14.9. The average Bonchev–Trinajstić information content (AvgIpc) is 2.56. The zero-order valence-corrected chi connectivity index (χ0v) is 13.1. The van der Waals surface area contributed by atoms with Crippen LogP contribution < -0.4 is 0 Å². The summed E-state index contributed by atoms with van der Waals surface area (Å²) >= 11 is 0. The van der Waals surface area contributed by atoms with Crippen molar-refractivity contribution in [2.75, 3.05) is 13.6 Å². The smallest absolute Gasteiger partial charge is 0.123 e. The number of phenolic OH excluding ortho intramolecular Hbond substituents is 1. The van der Waals surface area contributed by atoms with Crippen molar-refractivity contribution >= 4 is 5.57 Å². The van der Waals surface area contributed by atoms with Gasteiger partial charge in [0.15, 0.2) is 0 Å². The standard InChI is InChI=1S/C20H23NO/c1-21-14-8-7-11-17(21)15-19(16-9-3-2-4-10-16)18-12-5-6-13-20(18)22/h2-6,9-10,12-13,15,17,22H,7-8,11,14H2,1H3/b19-15+. The fourth-order valence-corrected chi connectivity index (χ4v) is 3.16. The highest BCUT2D eigenvalue weighted by molar-refractivity contribution is 5.82. The molecule has 1 atom stereocenters. The van der Waals surface area contributed by atoms with Gasteiger partial charge in [-0.25, -0.2) is 0 Å². The van der Waals surface area contributed by atoms with Gasteiger partial charge in [-0.2, -0.15) is 0 Å². The summed E-state index contributed by atoms with van der Waals surface area (Å²) in [5, 5.41) is 10.3. The molecule has 1 N–H and O–H groups in total. The van der Waals surface area contributed by atoms with Crippen LogP contribution in [0.3, 0.4) is 0 Å². The van der Waals surface area contributed by atoms with E-state index in [1.165, 1.54) is 19.3 Å². The molecule has 0 aliphatic carbocycles. The predicted octanol–water partition coefficient (Wildman–Crippen LogP) is 4.31. The number of phenols is 1. The summed E-state index contributed by atoms with van der Waals surface area (Å²) in [6.07, 6.45) is 6.05. The molecule has 0 saturated carbocycles. The van der Waals surface area contributed by atoms with Gasteiger partial charge in [-0.05, 0) is 43.6 Å². The van der Waals surface area contributed by atoms with E-state index in [0.717, 1.165) is 23.2 Å².